The van der Waals surface area contributed by atoms with Crippen LogP contribution in [0.5, 0.6) is 0 Å². The molecule has 4 bridgehead atoms. The van der Waals surface area contributed by atoms with Gasteiger partial charge in [-0.1, -0.05) is 13.8 Å². The molecule has 4 rings (SSSR count). The summed E-state index contributed by atoms with van der Waals surface area (Å²) in [6.07, 6.45) is 6.87. The summed E-state index contributed by atoms with van der Waals surface area (Å²) in [5, 5.41) is 9.53. The Morgan fingerprint density at radius 2 is 1.53 bits per heavy atom. The molecule has 3 heteroatoms. The second kappa shape index (κ2) is 4.76. The third-order valence-electron chi connectivity index (χ3n) is 5.97. The minimum atomic E-state index is -0.647. The molecule has 0 aromatic rings. The molecule has 4 fully saturated rings. The third kappa shape index (κ3) is 2.20. The van der Waals surface area contributed by atoms with Crippen LogP contribution in [-0.2, 0) is 4.79 Å². The van der Waals surface area contributed by atoms with Gasteiger partial charge < -0.3 is 5.11 Å². The summed E-state index contributed by atoms with van der Waals surface area (Å²) in [4.78, 5) is 13.8. The molecule has 4 aliphatic carbocycles. The summed E-state index contributed by atoms with van der Waals surface area (Å²) in [6.45, 7) is 4.07. The van der Waals surface area contributed by atoms with E-state index >= 15 is 0 Å². The lowest BCUT2D eigenvalue weighted by atomic mass is 9.53. The van der Waals surface area contributed by atoms with Crippen LogP contribution in [0.3, 0.4) is 0 Å². The number of hydrogen-bond donors (Lipinski definition) is 1. The van der Waals surface area contributed by atoms with Gasteiger partial charge in [0.05, 0.1) is 0 Å². The van der Waals surface area contributed by atoms with E-state index < -0.39 is 5.97 Å². The quantitative estimate of drug-likeness (QED) is 0.849. The van der Waals surface area contributed by atoms with Crippen molar-refractivity contribution in [3.63, 3.8) is 0 Å². The van der Waals surface area contributed by atoms with Gasteiger partial charge in [0.15, 0.2) is 0 Å². The van der Waals surface area contributed by atoms with Crippen LogP contribution in [0.1, 0.15) is 46.0 Å². The Morgan fingerprint density at radius 1 is 1.05 bits per heavy atom. The van der Waals surface area contributed by atoms with Gasteiger partial charge in [0.1, 0.15) is 6.04 Å². The van der Waals surface area contributed by atoms with Gasteiger partial charge in [-0.2, -0.15) is 0 Å². The first-order valence-corrected chi connectivity index (χ1v) is 7.92. The molecule has 0 aromatic carbocycles. The highest BCUT2D eigenvalue weighted by atomic mass is 16.4. The van der Waals surface area contributed by atoms with Crippen molar-refractivity contribution in [2.45, 2.75) is 58.0 Å². The maximum absolute atomic E-state index is 11.6. The Bertz CT molecular complexity index is 338. The van der Waals surface area contributed by atoms with Crippen molar-refractivity contribution >= 4 is 5.97 Å². The van der Waals surface area contributed by atoms with Crippen molar-refractivity contribution in [1.82, 2.24) is 4.90 Å². The van der Waals surface area contributed by atoms with Gasteiger partial charge in [-0.15, -0.1) is 0 Å². The Morgan fingerprint density at radius 3 is 1.89 bits per heavy atom. The average Bonchev–Trinajstić information content (AvgIpc) is 2.25. The number of aliphatic carboxylic acids is 1. The summed E-state index contributed by atoms with van der Waals surface area (Å²) in [5.41, 5.74) is 0. The van der Waals surface area contributed by atoms with Crippen molar-refractivity contribution in [3.8, 4) is 0 Å². The van der Waals surface area contributed by atoms with Crippen LogP contribution >= 0.6 is 0 Å². The molecule has 0 aliphatic heterocycles. The van der Waals surface area contributed by atoms with E-state index in [1.165, 1.54) is 32.1 Å². The lowest BCUT2D eigenvalue weighted by Gasteiger charge is -2.57. The maximum atomic E-state index is 11.6. The van der Waals surface area contributed by atoms with Gasteiger partial charge in [-0.3, -0.25) is 9.69 Å². The lowest BCUT2D eigenvalue weighted by molar-refractivity contribution is -0.150. The molecule has 1 N–H and O–H groups in total. The highest BCUT2D eigenvalue weighted by molar-refractivity contribution is 5.73. The lowest BCUT2D eigenvalue weighted by Crippen LogP contribution is -2.59. The first kappa shape index (κ1) is 13.4. The van der Waals surface area contributed by atoms with Gasteiger partial charge in [0.25, 0.3) is 0 Å². The molecule has 19 heavy (non-hydrogen) atoms. The largest absolute Gasteiger partial charge is 0.480 e. The summed E-state index contributed by atoms with van der Waals surface area (Å²) in [5.74, 6) is 2.97. The second-order valence-electron chi connectivity index (χ2n) is 7.61. The van der Waals surface area contributed by atoms with Crippen LogP contribution in [0.2, 0.25) is 0 Å². The van der Waals surface area contributed by atoms with Crippen molar-refractivity contribution in [2.75, 3.05) is 7.05 Å². The molecule has 0 radical (unpaired) electrons. The average molecular weight is 265 g/mol. The van der Waals surface area contributed by atoms with Crippen molar-refractivity contribution in [2.24, 2.45) is 29.6 Å². The van der Waals surface area contributed by atoms with Crippen LogP contribution in [0.15, 0.2) is 0 Å². The standard InChI is InChI=1S/C16H27NO2/c1-9(2)14(16(18)19)17(3)15-12-5-10-4-11(7-12)8-13(15)6-10/h9-15H,4-8H2,1-3H3,(H,18,19). The van der Waals surface area contributed by atoms with E-state index in [0.29, 0.717) is 6.04 Å². The van der Waals surface area contributed by atoms with Gasteiger partial charge >= 0.3 is 5.97 Å². The maximum Gasteiger partial charge on any atom is 0.321 e. The van der Waals surface area contributed by atoms with Gasteiger partial charge in [-0.05, 0) is 68.7 Å². The van der Waals surface area contributed by atoms with Crippen LogP contribution in [0, 0.1) is 29.6 Å². The Labute approximate surface area is 116 Å². The van der Waals surface area contributed by atoms with Gasteiger partial charge in [-0.25, -0.2) is 0 Å². The molecule has 3 nitrogen and oxygen atoms in total. The molecular formula is C16H27NO2. The number of likely N-dealkylation sites (N-methyl/N-ethyl adjacent to an activating group) is 1. The summed E-state index contributed by atoms with van der Waals surface area (Å²) in [6, 6.07) is 0.207. The van der Waals surface area contributed by atoms with E-state index in [9.17, 15) is 9.90 Å². The fraction of sp³-hybridized carbons (Fsp3) is 0.938. The fourth-order valence-electron chi connectivity index (χ4n) is 5.68. The van der Waals surface area contributed by atoms with E-state index in [4.69, 9.17) is 0 Å². The molecule has 1 atom stereocenters. The molecule has 0 heterocycles. The summed E-state index contributed by atoms with van der Waals surface area (Å²) < 4.78 is 0. The van der Waals surface area contributed by atoms with Crippen LogP contribution in [0.25, 0.3) is 0 Å². The van der Waals surface area contributed by atoms with E-state index in [0.717, 1.165) is 23.7 Å². The molecular weight excluding hydrogens is 238 g/mol. The number of carboxylic acids is 1. The minimum absolute atomic E-state index is 0.180. The predicted octanol–water partition coefficient (Wildman–Crippen LogP) is 2.85. The number of carboxylic acid groups (broad SMARTS) is 1. The third-order valence-corrected chi connectivity index (χ3v) is 5.97. The Balaban J connectivity index is 1.79. The highest BCUT2D eigenvalue weighted by Crippen LogP contribution is 2.55. The van der Waals surface area contributed by atoms with E-state index in [1.807, 2.05) is 13.8 Å². The van der Waals surface area contributed by atoms with Crippen LogP contribution in [0.4, 0.5) is 0 Å². The molecule has 0 aromatic heterocycles. The molecule has 0 spiro atoms. The first-order chi connectivity index (χ1) is 8.97. The van der Waals surface area contributed by atoms with E-state index in [1.54, 1.807) is 0 Å². The topological polar surface area (TPSA) is 40.5 Å². The first-order valence-electron chi connectivity index (χ1n) is 7.92. The highest BCUT2D eigenvalue weighted by Gasteiger charge is 2.51. The molecule has 4 saturated carbocycles. The minimum Gasteiger partial charge on any atom is -0.480 e. The Kier molecular flexibility index (Phi) is 3.36. The summed E-state index contributed by atoms with van der Waals surface area (Å²) >= 11 is 0. The molecule has 0 saturated heterocycles. The molecule has 0 amide bonds. The van der Waals surface area contributed by atoms with Crippen molar-refractivity contribution < 1.29 is 9.90 Å². The van der Waals surface area contributed by atoms with Gasteiger partial charge in [0, 0.05) is 6.04 Å². The Hall–Kier alpha value is -0.570. The summed E-state index contributed by atoms with van der Waals surface area (Å²) in [7, 11) is 2.06. The number of nitrogens with zero attached hydrogens (tertiary/aromatic N) is 1. The van der Waals surface area contributed by atoms with Crippen LogP contribution < -0.4 is 0 Å². The smallest absolute Gasteiger partial charge is 0.321 e. The zero-order valence-corrected chi connectivity index (χ0v) is 12.4. The van der Waals surface area contributed by atoms with E-state index in [2.05, 4.69) is 11.9 Å². The number of rotatable bonds is 4. The second-order valence-corrected chi connectivity index (χ2v) is 7.61. The number of carbonyl (C=O) groups is 1. The SMILES string of the molecule is CC(C)C(C(=O)O)N(C)C1C2CC3CC(C2)CC1C3. The van der Waals surface area contributed by atoms with Crippen molar-refractivity contribution in [3.05, 3.63) is 0 Å². The molecule has 1 unspecified atom stereocenters. The van der Waals surface area contributed by atoms with E-state index in [-0.39, 0.29) is 12.0 Å². The zero-order valence-electron chi connectivity index (χ0n) is 12.4. The number of hydrogen-bond acceptors (Lipinski definition) is 2. The van der Waals surface area contributed by atoms with Crippen LogP contribution in [-0.4, -0.2) is 35.1 Å². The normalized spacial score (nSPS) is 42.1. The monoisotopic (exact) mass is 265 g/mol. The fourth-order valence-corrected chi connectivity index (χ4v) is 5.68. The predicted molar refractivity (Wildman–Crippen MR) is 74.9 cm³/mol. The molecule has 4 aliphatic rings. The zero-order chi connectivity index (χ0) is 13.7. The van der Waals surface area contributed by atoms with Crippen molar-refractivity contribution in [1.29, 1.82) is 0 Å². The van der Waals surface area contributed by atoms with Gasteiger partial charge in [0.2, 0.25) is 0 Å². The molecule has 108 valence electrons.